The Morgan fingerprint density at radius 3 is 2.57 bits per heavy atom. The zero-order valence-corrected chi connectivity index (χ0v) is 14.3. The lowest BCUT2D eigenvalue weighted by Crippen LogP contribution is -2.11. The molecular formula is C16H11Cl2NO3S. The Morgan fingerprint density at radius 1 is 1.04 bits per heavy atom. The molecule has 0 saturated heterocycles. The second kappa shape index (κ2) is 6.00. The molecule has 0 aliphatic rings. The number of pyridine rings is 1. The SMILES string of the molecule is Cc1ccc2cccc(OS(=O)(=O)c3ccc(Cl)cc3Cl)c2n1. The fourth-order valence-corrected chi connectivity index (χ4v) is 3.81. The van der Waals surface area contributed by atoms with Crippen LogP contribution in [0.1, 0.15) is 5.69 Å². The first kappa shape index (κ1) is 16.1. The van der Waals surface area contributed by atoms with Crippen molar-refractivity contribution in [3.05, 3.63) is 64.3 Å². The van der Waals surface area contributed by atoms with Gasteiger partial charge in [-0.05, 0) is 37.3 Å². The van der Waals surface area contributed by atoms with Gasteiger partial charge in [0.2, 0.25) is 0 Å². The second-order valence-electron chi connectivity index (χ2n) is 4.89. The summed E-state index contributed by atoms with van der Waals surface area (Å²) in [6, 6.07) is 12.9. The van der Waals surface area contributed by atoms with Gasteiger partial charge >= 0.3 is 10.1 Å². The van der Waals surface area contributed by atoms with Crippen molar-refractivity contribution in [3.8, 4) is 5.75 Å². The number of fused-ring (bicyclic) bond motifs is 1. The van der Waals surface area contributed by atoms with Gasteiger partial charge in [0.15, 0.2) is 5.75 Å². The van der Waals surface area contributed by atoms with Crippen molar-refractivity contribution in [3.63, 3.8) is 0 Å². The summed E-state index contributed by atoms with van der Waals surface area (Å²) in [5.74, 6) is 0.150. The van der Waals surface area contributed by atoms with Crippen LogP contribution in [0.4, 0.5) is 0 Å². The largest absolute Gasteiger partial charge is 0.377 e. The predicted octanol–water partition coefficient (Wildman–Crippen LogP) is 4.62. The van der Waals surface area contributed by atoms with Crippen molar-refractivity contribution in [1.29, 1.82) is 0 Å². The van der Waals surface area contributed by atoms with Crippen LogP contribution in [-0.2, 0) is 10.1 Å². The molecule has 0 aliphatic heterocycles. The highest BCUT2D eigenvalue weighted by atomic mass is 35.5. The molecule has 1 aromatic heterocycles. The number of aromatic nitrogens is 1. The Bertz CT molecular complexity index is 1000. The van der Waals surface area contributed by atoms with Gasteiger partial charge < -0.3 is 4.18 Å². The summed E-state index contributed by atoms with van der Waals surface area (Å²) in [6.45, 7) is 1.82. The quantitative estimate of drug-likeness (QED) is 0.633. The van der Waals surface area contributed by atoms with Crippen LogP contribution in [0.15, 0.2) is 53.4 Å². The Labute approximate surface area is 143 Å². The van der Waals surface area contributed by atoms with Crippen molar-refractivity contribution in [2.24, 2.45) is 0 Å². The summed E-state index contributed by atoms with van der Waals surface area (Å²) in [7, 11) is -4.10. The molecule has 4 nitrogen and oxygen atoms in total. The number of hydrogen-bond acceptors (Lipinski definition) is 4. The molecule has 0 aliphatic carbocycles. The number of rotatable bonds is 3. The maximum absolute atomic E-state index is 12.5. The minimum absolute atomic E-state index is 0.00174. The third-order valence-electron chi connectivity index (χ3n) is 3.19. The first-order chi connectivity index (χ1) is 10.9. The molecule has 0 radical (unpaired) electrons. The van der Waals surface area contributed by atoms with Crippen molar-refractivity contribution < 1.29 is 12.6 Å². The third kappa shape index (κ3) is 3.27. The first-order valence-electron chi connectivity index (χ1n) is 6.63. The smallest absolute Gasteiger partial charge is 0.340 e. The molecule has 0 unspecified atom stereocenters. The number of benzene rings is 2. The molecule has 1 heterocycles. The number of aryl methyl sites for hydroxylation is 1. The number of nitrogens with zero attached hydrogens (tertiary/aromatic N) is 1. The average Bonchev–Trinajstić information content (AvgIpc) is 2.47. The van der Waals surface area contributed by atoms with Crippen LogP contribution in [0, 0.1) is 6.92 Å². The van der Waals surface area contributed by atoms with E-state index in [1.165, 1.54) is 18.2 Å². The molecule has 0 fully saturated rings. The van der Waals surface area contributed by atoms with Gasteiger partial charge in [-0.15, -0.1) is 0 Å². The molecule has 0 saturated carbocycles. The van der Waals surface area contributed by atoms with E-state index in [2.05, 4.69) is 4.98 Å². The fourth-order valence-electron chi connectivity index (χ4n) is 2.13. The maximum Gasteiger partial charge on any atom is 0.340 e. The van der Waals surface area contributed by atoms with E-state index in [1.807, 2.05) is 25.1 Å². The molecule has 0 N–H and O–H groups in total. The van der Waals surface area contributed by atoms with Crippen LogP contribution in [0.25, 0.3) is 10.9 Å². The van der Waals surface area contributed by atoms with Crippen LogP contribution in [0.5, 0.6) is 5.75 Å². The van der Waals surface area contributed by atoms with Gasteiger partial charge in [0.1, 0.15) is 10.4 Å². The lowest BCUT2D eigenvalue weighted by atomic mass is 10.2. The van der Waals surface area contributed by atoms with E-state index in [-0.39, 0.29) is 15.7 Å². The van der Waals surface area contributed by atoms with Crippen molar-refractivity contribution >= 4 is 44.2 Å². The summed E-state index contributed by atoms with van der Waals surface area (Å²) < 4.78 is 30.2. The molecule has 3 rings (SSSR count). The van der Waals surface area contributed by atoms with Crippen LogP contribution in [0.2, 0.25) is 10.0 Å². The second-order valence-corrected chi connectivity index (χ2v) is 7.25. The molecule has 3 aromatic rings. The fraction of sp³-hybridized carbons (Fsp3) is 0.0625. The molecule has 0 amide bonds. The molecule has 118 valence electrons. The zero-order valence-electron chi connectivity index (χ0n) is 12.0. The van der Waals surface area contributed by atoms with Gasteiger partial charge in [0.05, 0.1) is 5.02 Å². The molecular weight excluding hydrogens is 357 g/mol. The summed E-state index contributed by atoms with van der Waals surface area (Å²) in [4.78, 5) is 4.20. The molecule has 7 heteroatoms. The number of hydrogen-bond donors (Lipinski definition) is 0. The van der Waals surface area contributed by atoms with Crippen LogP contribution in [0.3, 0.4) is 0 Å². The highest BCUT2D eigenvalue weighted by Crippen LogP contribution is 2.30. The van der Waals surface area contributed by atoms with Crippen LogP contribution in [-0.4, -0.2) is 13.4 Å². The Kier molecular flexibility index (Phi) is 4.19. The van der Waals surface area contributed by atoms with Crippen LogP contribution < -0.4 is 4.18 Å². The summed E-state index contributed by atoms with van der Waals surface area (Å²) in [6.07, 6.45) is 0. The van der Waals surface area contributed by atoms with Gasteiger partial charge in [-0.3, -0.25) is 0 Å². The van der Waals surface area contributed by atoms with E-state index in [4.69, 9.17) is 27.4 Å². The Hall–Kier alpha value is -1.82. The zero-order chi connectivity index (χ0) is 16.6. The van der Waals surface area contributed by atoms with Gasteiger partial charge in [-0.1, -0.05) is 41.4 Å². The van der Waals surface area contributed by atoms with E-state index in [1.54, 1.807) is 12.1 Å². The minimum atomic E-state index is -4.10. The normalized spacial score (nSPS) is 11.6. The molecule has 0 bridgehead atoms. The van der Waals surface area contributed by atoms with E-state index in [0.29, 0.717) is 10.5 Å². The standard InChI is InChI=1S/C16H11Cl2NO3S/c1-10-5-6-11-3-2-4-14(16(11)19-10)22-23(20,21)15-8-7-12(17)9-13(15)18/h2-9H,1H3. The predicted molar refractivity (Wildman–Crippen MR) is 90.8 cm³/mol. The van der Waals surface area contributed by atoms with Gasteiger partial charge in [0, 0.05) is 16.1 Å². The number of para-hydroxylation sites is 1. The van der Waals surface area contributed by atoms with E-state index in [0.717, 1.165) is 11.1 Å². The lowest BCUT2D eigenvalue weighted by Gasteiger charge is -2.10. The van der Waals surface area contributed by atoms with Gasteiger partial charge in [-0.25, -0.2) is 4.98 Å². The molecule has 23 heavy (non-hydrogen) atoms. The van der Waals surface area contributed by atoms with Gasteiger partial charge in [0.25, 0.3) is 0 Å². The summed E-state index contributed by atoms with van der Waals surface area (Å²) in [5, 5.41) is 1.13. The third-order valence-corrected chi connectivity index (χ3v) is 5.14. The van der Waals surface area contributed by atoms with Gasteiger partial charge in [-0.2, -0.15) is 8.42 Å². The molecule has 0 atom stereocenters. The molecule has 2 aromatic carbocycles. The average molecular weight is 368 g/mol. The van der Waals surface area contributed by atoms with E-state index >= 15 is 0 Å². The van der Waals surface area contributed by atoms with Crippen molar-refractivity contribution in [1.82, 2.24) is 4.98 Å². The van der Waals surface area contributed by atoms with E-state index < -0.39 is 10.1 Å². The summed E-state index contributed by atoms with van der Waals surface area (Å²) in [5.41, 5.74) is 1.23. The lowest BCUT2D eigenvalue weighted by molar-refractivity contribution is 0.488. The first-order valence-corrected chi connectivity index (χ1v) is 8.79. The Balaban J connectivity index is 2.09. The highest BCUT2D eigenvalue weighted by Gasteiger charge is 2.22. The monoisotopic (exact) mass is 367 g/mol. The number of halogens is 2. The van der Waals surface area contributed by atoms with Crippen LogP contribution >= 0.6 is 23.2 Å². The topological polar surface area (TPSA) is 56.3 Å². The highest BCUT2D eigenvalue weighted by molar-refractivity contribution is 7.87. The van der Waals surface area contributed by atoms with E-state index in [9.17, 15) is 8.42 Å². The minimum Gasteiger partial charge on any atom is -0.377 e. The van der Waals surface area contributed by atoms with Crippen molar-refractivity contribution in [2.75, 3.05) is 0 Å². The van der Waals surface area contributed by atoms with Crippen molar-refractivity contribution in [2.45, 2.75) is 11.8 Å². The molecule has 0 spiro atoms. The summed E-state index contributed by atoms with van der Waals surface area (Å²) >= 11 is 11.8. The Morgan fingerprint density at radius 2 is 1.83 bits per heavy atom. The maximum atomic E-state index is 12.5.